The Morgan fingerprint density at radius 3 is 0.671 bits per heavy atom. The number of rotatable bonds is 28. The number of quaternary nitrogens is 4. The molecule has 0 radical (unpaired) electrons. The zero-order chi connectivity index (χ0) is 54.7. The minimum Gasteiger partial charge on any atom is -0.633 e. The molecule has 8 rings (SSSR count). The van der Waals surface area contributed by atoms with Gasteiger partial charge in [-0.05, 0) is 104 Å². The number of benzene rings is 4. The van der Waals surface area contributed by atoms with Gasteiger partial charge in [0.25, 0.3) is 11.6 Å². The molecule has 4 aromatic heterocycles. The number of ether oxygens (including phenoxy) is 4. The standard InChI is InChI=1S/2C29H36N2O7.9H2O/c2*1-5-30(33,6-2)15-17-35-23-13-9-11-21-19-25(37-28(21)23)27(32)26-20-22-12-10-14-24(29(22)38-26)36-18-16-31(34,7-3)8-4;;;;;;;;;/h2*9-14,19-20H,5-8,15-18H2,1-4H3;9*1H2. The molecule has 0 fully saturated rings. The number of likely N-dealkylation sites (N-methyl/N-ethyl adjacent to an activating group) is 4. The van der Waals surface area contributed by atoms with Gasteiger partial charge >= 0.3 is 0 Å². The number of hydrogen-bond donors (Lipinski definition) is 0. The number of furan rings is 4. The molecule has 0 aliphatic heterocycles. The molecule has 0 aliphatic carbocycles. The van der Waals surface area contributed by atoms with Crippen LogP contribution in [-0.2, 0) is 0 Å². The molecule has 4 aromatic carbocycles. The smallest absolute Gasteiger partial charge is 0.263 e. The average molecular weight is 1210 g/mol. The van der Waals surface area contributed by atoms with E-state index in [0.717, 1.165) is 0 Å². The van der Waals surface area contributed by atoms with Crippen LogP contribution < -0.4 is 18.9 Å². The second-order valence-corrected chi connectivity index (χ2v) is 18.8. The van der Waals surface area contributed by atoms with Crippen molar-refractivity contribution in [1.29, 1.82) is 0 Å². The molecule has 0 bridgehead atoms. The zero-order valence-corrected chi connectivity index (χ0v) is 49.6. The van der Waals surface area contributed by atoms with Gasteiger partial charge in [-0.25, -0.2) is 0 Å². The summed E-state index contributed by atoms with van der Waals surface area (Å²) in [5.41, 5.74) is 1.77. The Balaban J connectivity index is -0.00000143. The predicted octanol–water partition coefficient (Wildman–Crippen LogP) is 4.33. The Morgan fingerprint density at radius 2 is 0.506 bits per heavy atom. The molecule has 27 heteroatoms. The topological polar surface area (TPSA) is 499 Å². The van der Waals surface area contributed by atoms with Crippen molar-refractivity contribution in [3.63, 3.8) is 0 Å². The van der Waals surface area contributed by atoms with Crippen LogP contribution in [0, 0.1) is 20.8 Å². The van der Waals surface area contributed by atoms with Gasteiger partial charge in [0.2, 0.25) is 0 Å². The van der Waals surface area contributed by atoms with Crippen molar-refractivity contribution in [3.05, 3.63) is 141 Å². The van der Waals surface area contributed by atoms with E-state index in [4.69, 9.17) is 36.6 Å². The van der Waals surface area contributed by atoms with Crippen LogP contribution in [0.3, 0.4) is 0 Å². The fourth-order valence-electron chi connectivity index (χ4n) is 8.74. The van der Waals surface area contributed by atoms with E-state index in [1.807, 2.05) is 104 Å². The summed E-state index contributed by atoms with van der Waals surface area (Å²) in [6.45, 7) is 21.0. The van der Waals surface area contributed by atoms with E-state index in [1.54, 1.807) is 48.5 Å². The van der Waals surface area contributed by atoms with E-state index in [2.05, 4.69) is 0 Å². The molecule has 0 atom stereocenters. The minimum atomic E-state index is -0.409. The highest BCUT2D eigenvalue weighted by Gasteiger charge is 2.25. The SMILES string of the molecule is CC[N+]([O-])(CC)CCOc1cccc2cc(C(=O)c3cc4cccc(OCC[N+]([O-])(CC)CC)c4o3)oc12.CC[N+]([O-])(CC)CCOc1cccc2cc(C(=O)c3cc4cccc(OCC[N+]([O-])(CC)CC)c4o3)oc12.O.O.O.O.O.O.O.O.O. The van der Waals surface area contributed by atoms with Crippen LogP contribution in [0.1, 0.15) is 88.0 Å². The largest absolute Gasteiger partial charge is 0.633 e. The van der Waals surface area contributed by atoms with Crippen LogP contribution in [0.5, 0.6) is 23.0 Å². The van der Waals surface area contributed by atoms with Gasteiger partial charge in [-0.2, -0.15) is 0 Å². The van der Waals surface area contributed by atoms with E-state index in [1.165, 1.54) is 0 Å². The third-order valence-electron chi connectivity index (χ3n) is 14.6. The van der Waals surface area contributed by atoms with Gasteiger partial charge in [0, 0.05) is 21.5 Å². The molecule has 4 heterocycles. The number of para-hydroxylation sites is 4. The maximum atomic E-state index is 13.3. The lowest BCUT2D eigenvalue weighted by Gasteiger charge is -2.40. The summed E-state index contributed by atoms with van der Waals surface area (Å²) in [7, 11) is 0. The number of nitrogens with zero attached hydrogens (tertiary/aromatic N) is 4. The van der Waals surface area contributed by atoms with Gasteiger partial charge in [-0.3, -0.25) is 9.59 Å². The summed E-state index contributed by atoms with van der Waals surface area (Å²) in [5.74, 6) is 1.57. The van der Waals surface area contributed by atoms with E-state index in [9.17, 15) is 30.4 Å². The van der Waals surface area contributed by atoms with Gasteiger partial charge in [-0.1, -0.05) is 48.5 Å². The normalized spacial score (nSPS) is 11.1. The van der Waals surface area contributed by atoms with E-state index in [0.29, 0.717) is 145 Å². The first-order chi connectivity index (χ1) is 36.5. The number of hydrogen-bond acceptors (Lipinski definition) is 14. The number of fused-ring (bicyclic) bond motifs is 4. The predicted molar refractivity (Wildman–Crippen MR) is 325 cm³/mol. The van der Waals surface area contributed by atoms with Crippen LogP contribution in [0.2, 0.25) is 0 Å². The van der Waals surface area contributed by atoms with Crippen LogP contribution in [0.15, 0.2) is 115 Å². The Morgan fingerprint density at radius 1 is 0.329 bits per heavy atom. The fraction of sp³-hybridized carbons (Fsp3) is 0.414. The van der Waals surface area contributed by atoms with Crippen LogP contribution >= 0.6 is 0 Å². The molecule has 0 spiro atoms. The van der Waals surface area contributed by atoms with Crippen molar-refractivity contribution in [2.75, 3.05) is 105 Å². The molecule has 8 aromatic rings. The fourth-order valence-corrected chi connectivity index (χ4v) is 8.74. The first kappa shape index (κ1) is 82.1. The molecular formula is C58H90N4O23. The lowest BCUT2D eigenvalue weighted by molar-refractivity contribution is -0.877. The minimum absolute atomic E-state index is 0. The molecule has 0 saturated heterocycles. The summed E-state index contributed by atoms with van der Waals surface area (Å²) < 4.78 is 45.9. The number of carbonyl (C=O) groups is 2. The van der Waals surface area contributed by atoms with Crippen molar-refractivity contribution >= 4 is 55.4 Å². The first-order valence-electron chi connectivity index (χ1n) is 26.5. The molecule has 0 aliphatic rings. The van der Waals surface area contributed by atoms with E-state index >= 15 is 0 Å². The highest BCUT2D eigenvalue weighted by atomic mass is 16.6. The maximum Gasteiger partial charge on any atom is 0.263 e. The number of carbonyl (C=O) groups excluding carboxylic acids is 2. The second-order valence-electron chi connectivity index (χ2n) is 18.8. The summed E-state index contributed by atoms with van der Waals surface area (Å²) >= 11 is 0. The third kappa shape index (κ3) is 19.5. The van der Waals surface area contributed by atoms with Gasteiger partial charge in [0.15, 0.2) is 68.4 Å². The molecule has 18 N–H and O–H groups in total. The third-order valence-corrected chi connectivity index (χ3v) is 14.6. The molecule has 27 nitrogen and oxygen atoms in total. The molecule has 0 amide bonds. The summed E-state index contributed by atoms with van der Waals surface area (Å²) in [4.78, 5) is 26.6. The highest BCUT2D eigenvalue weighted by Crippen LogP contribution is 2.35. The Kier molecular flexibility index (Phi) is 34.8. The van der Waals surface area contributed by atoms with Crippen LogP contribution in [0.4, 0.5) is 0 Å². The van der Waals surface area contributed by atoms with Gasteiger partial charge < -0.3 is 125 Å². The van der Waals surface area contributed by atoms with Gasteiger partial charge in [0.05, 0.1) is 52.4 Å². The molecule has 0 unspecified atom stereocenters. The molecule has 0 saturated carbocycles. The highest BCUT2D eigenvalue weighted by molar-refractivity contribution is 6.10. The lowest BCUT2D eigenvalue weighted by Crippen LogP contribution is -2.44. The lowest BCUT2D eigenvalue weighted by atomic mass is 10.2. The number of hydroxylamine groups is 12. The van der Waals surface area contributed by atoms with Crippen molar-refractivity contribution in [2.45, 2.75) is 55.4 Å². The Bertz CT molecular complexity index is 2790. The quantitative estimate of drug-likeness (QED) is 0.0374. The average Bonchev–Trinajstić information content (AvgIpc) is 4.28. The summed E-state index contributed by atoms with van der Waals surface area (Å²) in [6, 6.07) is 28.3. The zero-order valence-electron chi connectivity index (χ0n) is 49.6. The summed E-state index contributed by atoms with van der Waals surface area (Å²) in [5, 5.41) is 53.0. The van der Waals surface area contributed by atoms with Gasteiger partial charge in [-0.15, -0.1) is 0 Å². The van der Waals surface area contributed by atoms with Gasteiger partial charge in [0.1, 0.15) is 52.6 Å². The van der Waals surface area contributed by atoms with Crippen molar-refractivity contribution < 1.29 is 114 Å². The molecule has 480 valence electrons. The second kappa shape index (κ2) is 36.0. The Labute approximate surface area is 492 Å². The summed E-state index contributed by atoms with van der Waals surface area (Å²) in [6.07, 6.45) is 0. The van der Waals surface area contributed by atoms with Crippen molar-refractivity contribution in [3.8, 4) is 23.0 Å². The van der Waals surface area contributed by atoms with E-state index < -0.39 is 11.6 Å². The molecular weight excluding hydrogens is 1120 g/mol. The Hall–Kier alpha value is -7.10. The van der Waals surface area contributed by atoms with Crippen molar-refractivity contribution in [2.24, 2.45) is 0 Å². The molecule has 85 heavy (non-hydrogen) atoms. The number of ketones is 2. The van der Waals surface area contributed by atoms with E-state index in [-0.39, 0.29) is 117 Å². The first-order valence-corrected chi connectivity index (χ1v) is 26.5. The van der Waals surface area contributed by atoms with Crippen LogP contribution in [-0.4, -0.2) is 184 Å². The van der Waals surface area contributed by atoms with Crippen molar-refractivity contribution in [1.82, 2.24) is 0 Å². The monoisotopic (exact) mass is 1210 g/mol. The maximum absolute atomic E-state index is 13.3. The van der Waals surface area contributed by atoms with Crippen LogP contribution in [0.25, 0.3) is 43.9 Å².